The molecule has 0 fully saturated rings. The number of hydrogen-bond donors (Lipinski definition) is 0. The Labute approximate surface area is 376 Å². The molecule has 0 amide bonds. The molecular formula is C55H94O6. The van der Waals surface area contributed by atoms with Crippen LogP contribution in [0, 0.1) is 0 Å². The van der Waals surface area contributed by atoms with E-state index in [1.54, 1.807) is 0 Å². The number of esters is 3. The highest BCUT2D eigenvalue weighted by Gasteiger charge is 2.19. The molecule has 6 heteroatoms. The molecule has 6 nitrogen and oxygen atoms in total. The van der Waals surface area contributed by atoms with E-state index in [0.29, 0.717) is 19.3 Å². The van der Waals surface area contributed by atoms with Crippen LogP contribution in [0.25, 0.3) is 0 Å². The monoisotopic (exact) mass is 851 g/mol. The Bertz CT molecular complexity index is 1160. The topological polar surface area (TPSA) is 78.9 Å². The van der Waals surface area contributed by atoms with Gasteiger partial charge in [0.1, 0.15) is 13.2 Å². The summed E-state index contributed by atoms with van der Waals surface area (Å²) in [4.78, 5) is 37.9. The molecule has 0 saturated carbocycles. The van der Waals surface area contributed by atoms with Crippen LogP contribution in [0.4, 0.5) is 0 Å². The second kappa shape index (κ2) is 49.5. The van der Waals surface area contributed by atoms with E-state index in [1.165, 1.54) is 89.9 Å². The second-order valence-corrected chi connectivity index (χ2v) is 16.8. The van der Waals surface area contributed by atoms with Crippen molar-refractivity contribution in [2.75, 3.05) is 13.2 Å². The summed E-state index contributed by atoms with van der Waals surface area (Å²) in [7, 11) is 0. The molecule has 0 aromatic heterocycles. The molecule has 0 radical (unpaired) electrons. The summed E-state index contributed by atoms with van der Waals surface area (Å²) < 4.78 is 16.7. The van der Waals surface area contributed by atoms with Crippen molar-refractivity contribution in [1.29, 1.82) is 0 Å². The molecule has 0 spiro atoms. The molecule has 1 unspecified atom stereocenters. The van der Waals surface area contributed by atoms with Crippen molar-refractivity contribution in [3.05, 3.63) is 72.9 Å². The number of carbonyl (C=O) groups excluding carboxylic acids is 3. The largest absolute Gasteiger partial charge is 0.462 e. The third-order valence-electron chi connectivity index (χ3n) is 10.8. The average Bonchev–Trinajstić information content (AvgIpc) is 3.26. The number of ether oxygens (including phenoxy) is 3. The fourth-order valence-electron chi connectivity index (χ4n) is 6.88. The van der Waals surface area contributed by atoms with E-state index in [-0.39, 0.29) is 31.1 Å². The van der Waals surface area contributed by atoms with E-state index in [1.807, 2.05) is 0 Å². The maximum Gasteiger partial charge on any atom is 0.306 e. The van der Waals surface area contributed by atoms with Gasteiger partial charge in [0.25, 0.3) is 0 Å². The van der Waals surface area contributed by atoms with Gasteiger partial charge in [-0.3, -0.25) is 14.4 Å². The van der Waals surface area contributed by atoms with Crippen LogP contribution >= 0.6 is 0 Å². The Morgan fingerprint density at radius 3 is 1.10 bits per heavy atom. The Balaban J connectivity index is 4.40. The third kappa shape index (κ3) is 47.7. The van der Waals surface area contributed by atoms with Crippen LogP contribution in [0.5, 0.6) is 0 Å². The molecule has 0 saturated heterocycles. The highest BCUT2D eigenvalue weighted by molar-refractivity contribution is 5.71. The van der Waals surface area contributed by atoms with Crippen molar-refractivity contribution in [3.63, 3.8) is 0 Å². The molecule has 0 aliphatic rings. The van der Waals surface area contributed by atoms with Crippen molar-refractivity contribution in [1.82, 2.24) is 0 Å². The average molecular weight is 851 g/mol. The van der Waals surface area contributed by atoms with Crippen molar-refractivity contribution in [2.24, 2.45) is 0 Å². The van der Waals surface area contributed by atoms with E-state index < -0.39 is 6.10 Å². The number of rotatable bonds is 45. The first-order valence-corrected chi connectivity index (χ1v) is 25.5. The summed E-state index contributed by atoms with van der Waals surface area (Å²) >= 11 is 0. The first kappa shape index (κ1) is 57.9. The summed E-state index contributed by atoms with van der Waals surface area (Å²) in [5.41, 5.74) is 0. The summed E-state index contributed by atoms with van der Waals surface area (Å²) in [6, 6.07) is 0. The van der Waals surface area contributed by atoms with Crippen LogP contribution in [-0.2, 0) is 28.6 Å². The van der Waals surface area contributed by atoms with Gasteiger partial charge in [0.05, 0.1) is 0 Å². The highest BCUT2D eigenvalue weighted by atomic mass is 16.6. The second-order valence-electron chi connectivity index (χ2n) is 16.8. The predicted octanol–water partition coefficient (Wildman–Crippen LogP) is 16.6. The molecule has 350 valence electrons. The van der Waals surface area contributed by atoms with Gasteiger partial charge in [-0.05, 0) is 83.5 Å². The zero-order valence-corrected chi connectivity index (χ0v) is 39.9. The van der Waals surface area contributed by atoms with Crippen LogP contribution in [-0.4, -0.2) is 37.2 Å². The van der Waals surface area contributed by atoms with Crippen molar-refractivity contribution >= 4 is 17.9 Å². The van der Waals surface area contributed by atoms with E-state index in [4.69, 9.17) is 14.2 Å². The number of hydrogen-bond acceptors (Lipinski definition) is 6. The van der Waals surface area contributed by atoms with Crippen LogP contribution in [0.15, 0.2) is 72.9 Å². The van der Waals surface area contributed by atoms with Crippen LogP contribution in [0.2, 0.25) is 0 Å². The normalized spacial score (nSPS) is 12.6. The smallest absolute Gasteiger partial charge is 0.306 e. The van der Waals surface area contributed by atoms with E-state index >= 15 is 0 Å². The van der Waals surface area contributed by atoms with Gasteiger partial charge in [-0.15, -0.1) is 0 Å². The Hall–Kier alpha value is -3.15. The fourth-order valence-corrected chi connectivity index (χ4v) is 6.88. The Kier molecular flexibility index (Phi) is 46.9. The zero-order chi connectivity index (χ0) is 44.4. The lowest BCUT2D eigenvalue weighted by molar-refractivity contribution is -0.167. The summed E-state index contributed by atoms with van der Waals surface area (Å²) in [5.74, 6) is -0.932. The van der Waals surface area contributed by atoms with Gasteiger partial charge in [-0.25, -0.2) is 0 Å². The number of carbonyl (C=O) groups is 3. The molecule has 1 atom stereocenters. The molecule has 61 heavy (non-hydrogen) atoms. The zero-order valence-electron chi connectivity index (χ0n) is 39.9. The summed E-state index contributed by atoms with van der Waals surface area (Å²) in [5, 5.41) is 0. The summed E-state index contributed by atoms with van der Waals surface area (Å²) in [6.45, 7) is 6.42. The van der Waals surface area contributed by atoms with Crippen molar-refractivity contribution in [2.45, 2.75) is 245 Å². The van der Waals surface area contributed by atoms with Crippen LogP contribution in [0.1, 0.15) is 239 Å². The minimum atomic E-state index is -0.791. The highest BCUT2D eigenvalue weighted by Crippen LogP contribution is 2.14. The lowest BCUT2D eigenvalue weighted by atomic mass is 10.1. The number of unbranched alkanes of at least 4 members (excludes halogenated alkanes) is 25. The molecule has 0 aromatic rings. The molecule has 0 heterocycles. The Morgan fingerprint density at radius 1 is 0.344 bits per heavy atom. The summed E-state index contributed by atoms with van der Waals surface area (Å²) in [6.07, 6.45) is 61.7. The molecule has 0 aliphatic carbocycles. The quantitative estimate of drug-likeness (QED) is 0.0200. The van der Waals surface area contributed by atoms with Crippen molar-refractivity contribution < 1.29 is 28.6 Å². The van der Waals surface area contributed by atoms with Gasteiger partial charge in [0.15, 0.2) is 6.10 Å². The van der Waals surface area contributed by atoms with Gasteiger partial charge in [0.2, 0.25) is 0 Å². The maximum absolute atomic E-state index is 12.8. The first-order valence-electron chi connectivity index (χ1n) is 25.5. The molecule has 0 N–H and O–H groups in total. The SMILES string of the molecule is CC\C=C/C=C\C=C/CCCCCCCCCC(=O)OC(COC(=O)CCCCCC/C=C\CCCC)COC(=O)CCCCCCC/C=C\C=C/CCCCCCCCC. The Morgan fingerprint density at radius 2 is 0.672 bits per heavy atom. The van der Waals surface area contributed by atoms with Crippen LogP contribution in [0.3, 0.4) is 0 Å². The maximum atomic E-state index is 12.8. The molecule has 0 aromatic carbocycles. The van der Waals surface area contributed by atoms with Crippen molar-refractivity contribution in [3.8, 4) is 0 Å². The lowest BCUT2D eigenvalue weighted by Gasteiger charge is -2.18. The molecule has 0 rings (SSSR count). The minimum Gasteiger partial charge on any atom is -0.462 e. The van der Waals surface area contributed by atoms with Gasteiger partial charge in [0, 0.05) is 19.3 Å². The van der Waals surface area contributed by atoms with Gasteiger partial charge in [-0.2, -0.15) is 0 Å². The van der Waals surface area contributed by atoms with Gasteiger partial charge in [-0.1, -0.05) is 209 Å². The van der Waals surface area contributed by atoms with Crippen LogP contribution < -0.4 is 0 Å². The minimum absolute atomic E-state index is 0.0920. The van der Waals surface area contributed by atoms with E-state index in [2.05, 4.69) is 93.7 Å². The van der Waals surface area contributed by atoms with E-state index in [0.717, 1.165) is 109 Å². The number of allylic oxidation sites excluding steroid dienone is 12. The molecule has 0 bridgehead atoms. The first-order chi connectivity index (χ1) is 30.0. The standard InChI is InChI=1S/C55H94O6/c1-4-7-10-13-16-19-22-24-26-27-28-30-31-33-36-39-42-45-48-54(57)60-51-52(50-59-53(56)47-44-41-38-35-21-18-15-12-9-6-3)61-55(58)49-46-43-40-37-34-32-29-25-23-20-17-14-11-8-5-2/h8,11,14-15,17-18,20,23,26-28,30,52H,4-7,9-10,12-13,16,19,21-22,24-25,29,31-51H2,1-3H3/b11-8-,17-14-,18-15-,23-20-,27-26-,30-28-. The molecule has 0 aliphatic heterocycles. The fraction of sp³-hybridized carbons (Fsp3) is 0.727. The predicted molar refractivity (Wildman–Crippen MR) is 261 cm³/mol. The van der Waals surface area contributed by atoms with E-state index in [9.17, 15) is 14.4 Å². The third-order valence-corrected chi connectivity index (χ3v) is 10.8. The molecular weight excluding hydrogens is 757 g/mol. The van der Waals surface area contributed by atoms with Gasteiger partial charge >= 0.3 is 17.9 Å². The van der Waals surface area contributed by atoms with Gasteiger partial charge < -0.3 is 14.2 Å². The lowest BCUT2D eigenvalue weighted by Crippen LogP contribution is -2.30.